The van der Waals surface area contributed by atoms with Gasteiger partial charge in [-0.2, -0.15) is 0 Å². The molecule has 0 fully saturated rings. The van der Waals surface area contributed by atoms with Crippen LogP contribution in [0.5, 0.6) is 0 Å². The first kappa shape index (κ1) is 17.2. The Hall–Kier alpha value is -1.66. The quantitative estimate of drug-likeness (QED) is 0.556. The lowest BCUT2D eigenvalue weighted by atomic mass is 10.1. The number of ketones is 1. The zero-order chi connectivity index (χ0) is 17.3. The third-order valence-corrected chi connectivity index (χ3v) is 5.12. The van der Waals surface area contributed by atoms with Crippen LogP contribution in [0.15, 0.2) is 43.0 Å². The Kier molecular flexibility index (Phi) is 5.06. The molecule has 1 amide bonds. The predicted octanol–water partition coefficient (Wildman–Crippen LogP) is 4.23. The van der Waals surface area contributed by atoms with Gasteiger partial charge in [-0.15, -0.1) is 17.9 Å². The van der Waals surface area contributed by atoms with E-state index >= 15 is 0 Å². The van der Waals surface area contributed by atoms with E-state index in [1.807, 2.05) is 17.0 Å². The molecule has 2 heterocycles. The summed E-state index contributed by atoms with van der Waals surface area (Å²) in [5.74, 6) is -1.06. The highest BCUT2D eigenvalue weighted by atomic mass is 35.5. The molecule has 1 aromatic carbocycles. The monoisotopic (exact) mass is 380 g/mol. The van der Waals surface area contributed by atoms with E-state index in [0.717, 1.165) is 9.21 Å². The number of hydrogen-bond acceptors (Lipinski definition) is 4. The summed E-state index contributed by atoms with van der Waals surface area (Å²) in [7, 11) is 0. The standard InChI is InChI=1S/C17H14Cl2N2O2S/c1-2-7-20(9-12-4-6-15(19)24-12)10-21-14-5-3-11(18)8-13(14)16(22)17(21)23/h2-6,8H,1,7,9-10H2. The van der Waals surface area contributed by atoms with Gasteiger partial charge in [-0.3, -0.25) is 19.4 Å². The number of anilines is 1. The fourth-order valence-electron chi connectivity index (χ4n) is 2.63. The van der Waals surface area contributed by atoms with Gasteiger partial charge >= 0.3 is 5.91 Å². The molecule has 1 aromatic heterocycles. The molecule has 0 aliphatic carbocycles. The van der Waals surface area contributed by atoms with Crippen molar-refractivity contribution in [1.82, 2.24) is 4.90 Å². The average molecular weight is 381 g/mol. The largest absolute Gasteiger partial charge is 0.300 e. The summed E-state index contributed by atoms with van der Waals surface area (Å²) < 4.78 is 0.718. The van der Waals surface area contributed by atoms with E-state index in [1.165, 1.54) is 22.3 Å². The minimum atomic E-state index is -0.537. The van der Waals surface area contributed by atoms with Gasteiger partial charge in [0.25, 0.3) is 5.78 Å². The number of thiophene rings is 1. The Balaban J connectivity index is 1.83. The van der Waals surface area contributed by atoms with Gasteiger partial charge in [-0.25, -0.2) is 0 Å². The number of benzene rings is 1. The molecule has 124 valence electrons. The van der Waals surface area contributed by atoms with Crippen molar-refractivity contribution in [3.63, 3.8) is 0 Å². The van der Waals surface area contributed by atoms with Crippen LogP contribution in [0.4, 0.5) is 5.69 Å². The van der Waals surface area contributed by atoms with Gasteiger partial charge in [0.2, 0.25) is 0 Å². The minimum absolute atomic E-state index is 0.292. The first-order chi connectivity index (χ1) is 11.5. The van der Waals surface area contributed by atoms with Crippen LogP contribution in [0.2, 0.25) is 9.36 Å². The number of rotatable bonds is 6. The number of Topliss-reactive ketones (excluding diaryl/α,β-unsaturated/α-hetero) is 1. The van der Waals surface area contributed by atoms with Crippen LogP contribution in [0.3, 0.4) is 0 Å². The summed E-state index contributed by atoms with van der Waals surface area (Å²) in [4.78, 5) is 29.1. The number of halogens is 2. The highest BCUT2D eigenvalue weighted by Gasteiger charge is 2.36. The number of nitrogens with zero attached hydrogens (tertiary/aromatic N) is 2. The molecule has 4 nitrogen and oxygen atoms in total. The molecule has 2 aromatic rings. The zero-order valence-corrected chi connectivity index (χ0v) is 15.0. The number of carbonyl (C=O) groups is 2. The zero-order valence-electron chi connectivity index (χ0n) is 12.7. The van der Waals surface area contributed by atoms with E-state index in [-0.39, 0.29) is 0 Å². The number of carbonyl (C=O) groups excluding carboxylic acids is 2. The van der Waals surface area contributed by atoms with Crippen LogP contribution < -0.4 is 4.90 Å². The van der Waals surface area contributed by atoms with Gasteiger partial charge in [-0.1, -0.05) is 29.3 Å². The van der Waals surface area contributed by atoms with E-state index in [0.29, 0.717) is 36.0 Å². The van der Waals surface area contributed by atoms with Crippen molar-refractivity contribution in [3.05, 3.63) is 62.8 Å². The first-order valence-corrected chi connectivity index (χ1v) is 8.80. The molecule has 0 spiro atoms. The van der Waals surface area contributed by atoms with Crippen LogP contribution in [-0.2, 0) is 11.3 Å². The summed E-state index contributed by atoms with van der Waals surface area (Å²) in [5, 5.41) is 0.438. The minimum Gasteiger partial charge on any atom is -0.291 e. The lowest BCUT2D eigenvalue weighted by molar-refractivity contribution is -0.114. The summed E-state index contributed by atoms with van der Waals surface area (Å²) in [6, 6.07) is 8.71. The Labute approximate surface area is 153 Å². The lowest BCUT2D eigenvalue weighted by Gasteiger charge is -2.26. The maximum atomic E-state index is 12.3. The smallest absolute Gasteiger partial charge is 0.291 e. The van der Waals surface area contributed by atoms with Crippen molar-refractivity contribution in [1.29, 1.82) is 0 Å². The van der Waals surface area contributed by atoms with E-state index in [2.05, 4.69) is 6.58 Å². The second kappa shape index (κ2) is 7.07. The summed E-state index contributed by atoms with van der Waals surface area (Å²) in [6.45, 7) is 5.25. The molecular weight excluding hydrogens is 367 g/mol. The van der Waals surface area contributed by atoms with Crippen molar-refractivity contribution in [2.75, 3.05) is 18.1 Å². The molecule has 1 aliphatic rings. The van der Waals surface area contributed by atoms with Gasteiger partial charge in [0.1, 0.15) is 0 Å². The SMILES string of the molecule is C=CCN(Cc1ccc(Cl)s1)CN1C(=O)C(=O)c2cc(Cl)ccc21. The fraction of sp³-hybridized carbons (Fsp3) is 0.176. The second-order valence-corrected chi connectivity index (χ2v) is 7.61. The normalized spacial score (nSPS) is 13.7. The van der Waals surface area contributed by atoms with Crippen LogP contribution in [0, 0.1) is 0 Å². The molecule has 1 aliphatic heterocycles. The summed E-state index contributed by atoms with van der Waals surface area (Å²) in [5.41, 5.74) is 0.942. The molecule has 0 saturated carbocycles. The molecule has 0 N–H and O–H groups in total. The van der Waals surface area contributed by atoms with Crippen molar-refractivity contribution < 1.29 is 9.59 Å². The van der Waals surface area contributed by atoms with Gasteiger partial charge < -0.3 is 0 Å². The maximum Gasteiger partial charge on any atom is 0.300 e. The summed E-state index contributed by atoms with van der Waals surface area (Å²) in [6.07, 6.45) is 1.76. The summed E-state index contributed by atoms with van der Waals surface area (Å²) >= 11 is 13.4. The van der Waals surface area contributed by atoms with E-state index in [1.54, 1.807) is 18.2 Å². The molecule has 0 radical (unpaired) electrons. The Bertz CT molecular complexity index is 819. The Morgan fingerprint density at radius 3 is 2.67 bits per heavy atom. The number of amides is 1. The fourth-order valence-corrected chi connectivity index (χ4v) is 3.93. The van der Waals surface area contributed by atoms with Gasteiger partial charge in [0.05, 0.1) is 22.3 Å². The van der Waals surface area contributed by atoms with Crippen molar-refractivity contribution >= 4 is 51.9 Å². The number of fused-ring (bicyclic) bond motifs is 1. The third kappa shape index (κ3) is 3.39. The second-order valence-electron chi connectivity index (χ2n) is 5.37. The topological polar surface area (TPSA) is 40.6 Å². The van der Waals surface area contributed by atoms with Crippen LogP contribution in [-0.4, -0.2) is 29.8 Å². The highest BCUT2D eigenvalue weighted by molar-refractivity contribution is 7.16. The van der Waals surface area contributed by atoms with Crippen molar-refractivity contribution in [3.8, 4) is 0 Å². The van der Waals surface area contributed by atoms with Gasteiger partial charge in [0.15, 0.2) is 0 Å². The van der Waals surface area contributed by atoms with Crippen LogP contribution >= 0.6 is 34.5 Å². The van der Waals surface area contributed by atoms with Crippen LogP contribution in [0.25, 0.3) is 0 Å². The first-order valence-electron chi connectivity index (χ1n) is 7.23. The average Bonchev–Trinajstić information content (AvgIpc) is 3.05. The van der Waals surface area contributed by atoms with E-state index < -0.39 is 11.7 Å². The molecule has 0 atom stereocenters. The molecule has 3 rings (SSSR count). The molecular formula is C17H14Cl2N2O2S. The van der Waals surface area contributed by atoms with Crippen molar-refractivity contribution in [2.24, 2.45) is 0 Å². The van der Waals surface area contributed by atoms with Gasteiger partial charge in [-0.05, 0) is 30.3 Å². The highest BCUT2D eigenvalue weighted by Crippen LogP contribution is 2.31. The van der Waals surface area contributed by atoms with E-state index in [9.17, 15) is 9.59 Å². The molecule has 0 bridgehead atoms. The van der Waals surface area contributed by atoms with Crippen molar-refractivity contribution in [2.45, 2.75) is 6.54 Å². The van der Waals surface area contributed by atoms with Crippen LogP contribution in [0.1, 0.15) is 15.2 Å². The van der Waals surface area contributed by atoms with Gasteiger partial charge in [0, 0.05) is 23.0 Å². The number of hydrogen-bond donors (Lipinski definition) is 0. The molecule has 24 heavy (non-hydrogen) atoms. The molecule has 0 unspecified atom stereocenters. The predicted molar refractivity (Wildman–Crippen MR) is 98.1 cm³/mol. The molecule has 0 saturated heterocycles. The maximum absolute atomic E-state index is 12.3. The Morgan fingerprint density at radius 2 is 2.00 bits per heavy atom. The Morgan fingerprint density at radius 1 is 1.21 bits per heavy atom. The lowest BCUT2D eigenvalue weighted by Crippen LogP contribution is -2.40. The van der Waals surface area contributed by atoms with E-state index in [4.69, 9.17) is 23.2 Å². The third-order valence-electron chi connectivity index (χ3n) is 3.67. The molecule has 7 heteroatoms.